The lowest BCUT2D eigenvalue weighted by molar-refractivity contribution is -0.128. The number of nitrogens with one attached hydrogen (secondary N) is 1. The molecule has 3 nitrogen and oxygen atoms in total. The number of carbonyl (C=O) groups is 1. The van der Waals surface area contributed by atoms with E-state index in [1.54, 1.807) is 12.1 Å². The van der Waals surface area contributed by atoms with E-state index in [0.29, 0.717) is 19.4 Å². The van der Waals surface area contributed by atoms with Crippen molar-refractivity contribution < 1.29 is 13.9 Å². The number of hydrogen-bond acceptors (Lipinski definition) is 2. The highest BCUT2D eigenvalue weighted by molar-refractivity contribution is 5.81. The third-order valence-electron chi connectivity index (χ3n) is 4.11. The van der Waals surface area contributed by atoms with Crippen LogP contribution in [-0.2, 0) is 11.2 Å². The zero-order valence-corrected chi connectivity index (χ0v) is 14.4. The molecule has 0 radical (unpaired) electrons. The summed E-state index contributed by atoms with van der Waals surface area (Å²) in [6.07, 6.45) is 0.737. The lowest BCUT2D eigenvalue weighted by atomic mass is 10.1. The molecule has 2 aromatic carbocycles. The largest absolute Gasteiger partial charge is 0.480 e. The van der Waals surface area contributed by atoms with E-state index < -0.39 is 6.10 Å². The normalized spacial score (nSPS) is 11.8. The molecule has 0 bridgehead atoms. The van der Waals surface area contributed by atoms with Gasteiger partial charge in [0.15, 0.2) is 6.10 Å². The van der Waals surface area contributed by atoms with E-state index in [9.17, 15) is 9.18 Å². The molecule has 0 saturated carbocycles. The van der Waals surface area contributed by atoms with Gasteiger partial charge in [0.05, 0.1) is 0 Å². The first-order chi connectivity index (χ1) is 11.5. The van der Waals surface area contributed by atoms with Crippen molar-refractivity contribution in [3.05, 3.63) is 65.0 Å². The highest BCUT2D eigenvalue weighted by Gasteiger charge is 2.18. The maximum absolute atomic E-state index is 12.9. The minimum absolute atomic E-state index is 0.125. The SMILES string of the molecule is CCC(Oc1cccc(C)c1C)C(=O)NCCc1ccc(F)cc1. The summed E-state index contributed by atoms with van der Waals surface area (Å²) in [4.78, 5) is 12.3. The fourth-order valence-electron chi connectivity index (χ4n) is 2.42. The van der Waals surface area contributed by atoms with Crippen molar-refractivity contribution in [2.24, 2.45) is 0 Å². The summed E-state index contributed by atoms with van der Waals surface area (Å²) in [5.41, 5.74) is 3.18. The van der Waals surface area contributed by atoms with E-state index in [1.807, 2.05) is 39.0 Å². The van der Waals surface area contributed by atoms with Gasteiger partial charge in [-0.25, -0.2) is 4.39 Å². The predicted molar refractivity (Wildman–Crippen MR) is 93.7 cm³/mol. The van der Waals surface area contributed by atoms with Gasteiger partial charge in [0, 0.05) is 6.54 Å². The summed E-state index contributed by atoms with van der Waals surface area (Å²) < 4.78 is 18.8. The molecule has 1 atom stereocenters. The topological polar surface area (TPSA) is 38.3 Å². The molecule has 0 spiro atoms. The number of amides is 1. The summed E-state index contributed by atoms with van der Waals surface area (Å²) in [7, 11) is 0. The van der Waals surface area contributed by atoms with Gasteiger partial charge in [0.1, 0.15) is 11.6 Å². The van der Waals surface area contributed by atoms with Crippen molar-refractivity contribution >= 4 is 5.91 Å². The minimum Gasteiger partial charge on any atom is -0.480 e. The first kappa shape index (κ1) is 18.0. The zero-order valence-electron chi connectivity index (χ0n) is 14.4. The van der Waals surface area contributed by atoms with Crippen LogP contribution < -0.4 is 10.1 Å². The lowest BCUT2D eigenvalue weighted by Gasteiger charge is -2.19. The Bertz CT molecular complexity index is 683. The van der Waals surface area contributed by atoms with Crippen LogP contribution in [0.1, 0.15) is 30.0 Å². The molecule has 0 aliphatic rings. The molecule has 128 valence electrons. The van der Waals surface area contributed by atoms with E-state index in [4.69, 9.17) is 4.74 Å². The number of hydrogen-bond donors (Lipinski definition) is 1. The standard InChI is InChI=1S/C20H24FNO2/c1-4-18(24-19-7-5-6-14(2)15(19)3)20(23)22-13-12-16-8-10-17(21)11-9-16/h5-11,18H,4,12-13H2,1-3H3,(H,22,23). The number of carbonyl (C=O) groups excluding carboxylic acids is 1. The fourth-order valence-corrected chi connectivity index (χ4v) is 2.42. The van der Waals surface area contributed by atoms with Crippen molar-refractivity contribution in [3.63, 3.8) is 0 Å². The Kier molecular flexibility index (Phi) is 6.36. The van der Waals surface area contributed by atoms with Crippen LogP contribution in [0.3, 0.4) is 0 Å². The van der Waals surface area contributed by atoms with Crippen molar-refractivity contribution in [3.8, 4) is 5.75 Å². The Labute approximate surface area is 142 Å². The van der Waals surface area contributed by atoms with E-state index in [1.165, 1.54) is 12.1 Å². The van der Waals surface area contributed by atoms with Crippen LogP contribution in [0.5, 0.6) is 5.75 Å². The third-order valence-corrected chi connectivity index (χ3v) is 4.11. The maximum atomic E-state index is 12.9. The van der Waals surface area contributed by atoms with Crippen LogP contribution in [0.25, 0.3) is 0 Å². The van der Waals surface area contributed by atoms with E-state index in [0.717, 1.165) is 22.4 Å². The van der Waals surface area contributed by atoms with Gasteiger partial charge in [-0.2, -0.15) is 0 Å². The molecule has 1 unspecified atom stereocenters. The van der Waals surface area contributed by atoms with Gasteiger partial charge in [0.25, 0.3) is 5.91 Å². The molecule has 2 aromatic rings. The predicted octanol–water partition coefficient (Wildman–Crippen LogP) is 3.96. The first-order valence-corrected chi connectivity index (χ1v) is 8.26. The second kappa shape index (κ2) is 8.48. The highest BCUT2D eigenvalue weighted by atomic mass is 19.1. The van der Waals surface area contributed by atoms with Crippen LogP contribution in [0.4, 0.5) is 4.39 Å². The van der Waals surface area contributed by atoms with Gasteiger partial charge in [-0.3, -0.25) is 4.79 Å². The van der Waals surface area contributed by atoms with Crippen LogP contribution in [0.2, 0.25) is 0 Å². The minimum atomic E-state index is -0.515. The van der Waals surface area contributed by atoms with E-state index in [-0.39, 0.29) is 11.7 Å². The molecule has 0 saturated heterocycles. The fraction of sp³-hybridized carbons (Fsp3) is 0.350. The average molecular weight is 329 g/mol. The van der Waals surface area contributed by atoms with Crippen molar-refractivity contribution in [2.75, 3.05) is 6.54 Å². The second-order valence-corrected chi connectivity index (χ2v) is 5.88. The monoisotopic (exact) mass is 329 g/mol. The number of ether oxygens (including phenoxy) is 1. The summed E-state index contributed by atoms with van der Waals surface area (Å²) in [5.74, 6) is 0.367. The Morgan fingerprint density at radius 2 is 1.88 bits per heavy atom. The Morgan fingerprint density at radius 1 is 1.17 bits per heavy atom. The van der Waals surface area contributed by atoms with Crippen molar-refractivity contribution in [1.82, 2.24) is 5.32 Å². The molecule has 2 rings (SSSR count). The highest BCUT2D eigenvalue weighted by Crippen LogP contribution is 2.22. The van der Waals surface area contributed by atoms with Gasteiger partial charge in [0.2, 0.25) is 0 Å². The molecule has 0 aromatic heterocycles. The second-order valence-electron chi connectivity index (χ2n) is 5.88. The Morgan fingerprint density at radius 3 is 2.54 bits per heavy atom. The first-order valence-electron chi connectivity index (χ1n) is 8.26. The number of benzene rings is 2. The zero-order chi connectivity index (χ0) is 17.5. The molecular weight excluding hydrogens is 305 g/mol. The molecule has 4 heteroatoms. The molecule has 0 heterocycles. The Balaban J connectivity index is 1.89. The maximum Gasteiger partial charge on any atom is 0.261 e. The van der Waals surface area contributed by atoms with Crippen LogP contribution in [0, 0.1) is 19.7 Å². The Hall–Kier alpha value is -2.36. The van der Waals surface area contributed by atoms with Crippen LogP contribution >= 0.6 is 0 Å². The van der Waals surface area contributed by atoms with Crippen molar-refractivity contribution in [2.45, 2.75) is 39.7 Å². The van der Waals surface area contributed by atoms with Gasteiger partial charge >= 0.3 is 0 Å². The van der Waals surface area contributed by atoms with Crippen LogP contribution in [-0.4, -0.2) is 18.6 Å². The lowest BCUT2D eigenvalue weighted by Crippen LogP contribution is -2.39. The molecule has 0 fully saturated rings. The average Bonchev–Trinajstić information content (AvgIpc) is 2.58. The van der Waals surface area contributed by atoms with Gasteiger partial charge in [-0.15, -0.1) is 0 Å². The molecule has 0 aliphatic carbocycles. The number of aryl methyl sites for hydroxylation is 1. The summed E-state index contributed by atoms with van der Waals surface area (Å²) in [5, 5.41) is 2.89. The van der Waals surface area contributed by atoms with Crippen molar-refractivity contribution in [1.29, 1.82) is 0 Å². The molecule has 1 N–H and O–H groups in total. The van der Waals surface area contributed by atoms with Gasteiger partial charge in [-0.1, -0.05) is 31.2 Å². The molecule has 24 heavy (non-hydrogen) atoms. The number of halogens is 1. The van der Waals surface area contributed by atoms with Crippen LogP contribution in [0.15, 0.2) is 42.5 Å². The quantitative estimate of drug-likeness (QED) is 0.835. The van der Waals surface area contributed by atoms with Gasteiger partial charge < -0.3 is 10.1 Å². The van der Waals surface area contributed by atoms with Gasteiger partial charge in [-0.05, 0) is 61.6 Å². The third kappa shape index (κ3) is 4.82. The molecule has 1 amide bonds. The summed E-state index contributed by atoms with van der Waals surface area (Å²) in [6, 6.07) is 12.1. The molecule has 0 aliphatic heterocycles. The van der Waals surface area contributed by atoms with E-state index >= 15 is 0 Å². The summed E-state index contributed by atoms with van der Waals surface area (Å²) in [6.45, 7) is 6.43. The summed E-state index contributed by atoms with van der Waals surface area (Å²) >= 11 is 0. The molecular formula is C20H24FNO2. The van der Waals surface area contributed by atoms with E-state index in [2.05, 4.69) is 5.32 Å². The number of rotatable bonds is 7. The smallest absolute Gasteiger partial charge is 0.261 e.